The van der Waals surface area contributed by atoms with Crippen molar-refractivity contribution in [3.8, 4) is 17.2 Å². The number of hydrogen-bond donors (Lipinski definition) is 2. The molecule has 0 atom stereocenters. The van der Waals surface area contributed by atoms with Gasteiger partial charge in [-0.2, -0.15) is 5.10 Å². The van der Waals surface area contributed by atoms with Crippen LogP contribution in [0.1, 0.15) is 31.7 Å². The van der Waals surface area contributed by atoms with Crippen LogP contribution in [-0.2, 0) is 9.59 Å². The van der Waals surface area contributed by atoms with Gasteiger partial charge in [-0.15, -0.1) is 0 Å². The van der Waals surface area contributed by atoms with Gasteiger partial charge in [0.1, 0.15) is 5.75 Å². The van der Waals surface area contributed by atoms with E-state index < -0.39 is 0 Å². The lowest BCUT2D eigenvalue weighted by Crippen LogP contribution is -2.20. The summed E-state index contributed by atoms with van der Waals surface area (Å²) < 4.78 is 16.1. The number of anilines is 1. The third-order valence-corrected chi connectivity index (χ3v) is 4.01. The second-order valence-electron chi connectivity index (χ2n) is 6.30. The molecule has 8 nitrogen and oxygen atoms in total. The van der Waals surface area contributed by atoms with E-state index in [1.807, 2.05) is 13.0 Å². The van der Waals surface area contributed by atoms with Gasteiger partial charge >= 0.3 is 0 Å². The highest BCUT2D eigenvalue weighted by molar-refractivity contribution is 5.94. The van der Waals surface area contributed by atoms with E-state index in [9.17, 15) is 9.59 Å². The summed E-state index contributed by atoms with van der Waals surface area (Å²) in [6.45, 7) is 2.63. The zero-order chi connectivity index (χ0) is 21.8. The number of nitrogens with zero attached hydrogens (tertiary/aromatic N) is 1. The van der Waals surface area contributed by atoms with Gasteiger partial charge < -0.3 is 19.5 Å². The van der Waals surface area contributed by atoms with E-state index >= 15 is 0 Å². The molecule has 2 amide bonds. The highest BCUT2D eigenvalue weighted by Crippen LogP contribution is 2.27. The SMILES string of the molecule is CCCOc1ccc(C=NNC(=O)CCC(=O)Nc2ccccc2OC)cc1OC. The van der Waals surface area contributed by atoms with Crippen LogP contribution in [0.2, 0.25) is 0 Å². The summed E-state index contributed by atoms with van der Waals surface area (Å²) >= 11 is 0. The number of benzene rings is 2. The second-order valence-corrected chi connectivity index (χ2v) is 6.30. The summed E-state index contributed by atoms with van der Waals surface area (Å²) in [5.74, 6) is 1.15. The molecule has 0 aliphatic carbocycles. The second kappa shape index (κ2) is 12.1. The van der Waals surface area contributed by atoms with Crippen LogP contribution in [0.15, 0.2) is 47.6 Å². The monoisotopic (exact) mass is 413 g/mol. The van der Waals surface area contributed by atoms with E-state index in [4.69, 9.17) is 14.2 Å². The van der Waals surface area contributed by atoms with Gasteiger partial charge in [-0.3, -0.25) is 9.59 Å². The van der Waals surface area contributed by atoms with Gasteiger partial charge in [0.25, 0.3) is 0 Å². The van der Waals surface area contributed by atoms with Crippen molar-refractivity contribution in [2.45, 2.75) is 26.2 Å². The topological polar surface area (TPSA) is 98.2 Å². The summed E-state index contributed by atoms with van der Waals surface area (Å²) in [5.41, 5.74) is 3.71. The molecule has 8 heteroatoms. The van der Waals surface area contributed by atoms with Gasteiger partial charge in [-0.1, -0.05) is 19.1 Å². The Kier molecular flexibility index (Phi) is 9.18. The van der Waals surface area contributed by atoms with Crippen LogP contribution in [0.3, 0.4) is 0 Å². The molecule has 160 valence electrons. The van der Waals surface area contributed by atoms with Crippen LogP contribution in [0, 0.1) is 0 Å². The number of carbonyl (C=O) groups excluding carboxylic acids is 2. The summed E-state index contributed by atoms with van der Waals surface area (Å²) in [7, 11) is 3.09. The van der Waals surface area contributed by atoms with Crippen LogP contribution in [0.25, 0.3) is 0 Å². The van der Waals surface area contributed by atoms with Crippen molar-refractivity contribution in [3.63, 3.8) is 0 Å². The van der Waals surface area contributed by atoms with Crippen LogP contribution in [0.4, 0.5) is 5.69 Å². The Labute approximate surface area is 176 Å². The maximum Gasteiger partial charge on any atom is 0.240 e. The Morgan fingerprint density at radius 2 is 1.70 bits per heavy atom. The number of hydrazone groups is 1. The molecule has 0 aliphatic heterocycles. The van der Waals surface area contributed by atoms with Crippen LogP contribution < -0.4 is 25.0 Å². The third-order valence-electron chi connectivity index (χ3n) is 4.01. The first-order valence-corrected chi connectivity index (χ1v) is 9.63. The van der Waals surface area contributed by atoms with Crippen LogP contribution in [0.5, 0.6) is 17.2 Å². The smallest absolute Gasteiger partial charge is 0.240 e. The average Bonchev–Trinajstić information content (AvgIpc) is 2.77. The molecule has 0 radical (unpaired) electrons. The molecule has 2 N–H and O–H groups in total. The molecule has 0 saturated heterocycles. The molecular formula is C22H27N3O5. The maximum atomic E-state index is 12.0. The Hall–Kier alpha value is -3.55. The predicted molar refractivity (Wildman–Crippen MR) is 115 cm³/mol. The van der Waals surface area contributed by atoms with E-state index in [1.54, 1.807) is 43.5 Å². The van der Waals surface area contributed by atoms with Crippen molar-refractivity contribution in [1.29, 1.82) is 0 Å². The molecular weight excluding hydrogens is 386 g/mol. The molecule has 2 aromatic rings. The summed E-state index contributed by atoms with van der Waals surface area (Å²) in [4.78, 5) is 24.0. The Bertz CT molecular complexity index is 883. The van der Waals surface area contributed by atoms with E-state index in [1.165, 1.54) is 13.3 Å². The highest BCUT2D eigenvalue weighted by atomic mass is 16.5. The molecule has 0 aromatic heterocycles. The van der Waals surface area contributed by atoms with Crippen molar-refractivity contribution < 1.29 is 23.8 Å². The normalized spacial score (nSPS) is 10.5. The minimum absolute atomic E-state index is 0.00540. The molecule has 0 fully saturated rings. The van der Waals surface area contributed by atoms with Gasteiger partial charge in [0.2, 0.25) is 11.8 Å². The summed E-state index contributed by atoms with van der Waals surface area (Å²) in [6.07, 6.45) is 2.43. The Morgan fingerprint density at radius 1 is 0.967 bits per heavy atom. The van der Waals surface area contributed by atoms with E-state index in [0.29, 0.717) is 29.5 Å². The number of para-hydroxylation sites is 2. The molecule has 2 aromatic carbocycles. The standard InChI is InChI=1S/C22H27N3O5/c1-4-13-30-19-10-9-16(14-20(19)29-3)15-23-25-22(27)12-11-21(26)24-17-7-5-6-8-18(17)28-2/h5-10,14-15H,4,11-13H2,1-3H3,(H,24,26)(H,25,27). The quantitative estimate of drug-likeness (QED) is 0.435. The number of rotatable bonds is 11. The highest BCUT2D eigenvalue weighted by Gasteiger charge is 2.09. The largest absolute Gasteiger partial charge is 0.495 e. The van der Waals surface area contributed by atoms with Crippen molar-refractivity contribution in [3.05, 3.63) is 48.0 Å². The average molecular weight is 413 g/mol. The molecule has 2 rings (SSSR count). The third kappa shape index (κ3) is 7.12. The molecule has 0 unspecified atom stereocenters. The minimum atomic E-state index is -0.365. The van der Waals surface area contributed by atoms with E-state index in [0.717, 1.165) is 12.0 Å². The fraction of sp³-hybridized carbons (Fsp3) is 0.318. The van der Waals surface area contributed by atoms with Gasteiger partial charge in [-0.05, 0) is 42.3 Å². The number of carbonyl (C=O) groups is 2. The zero-order valence-electron chi connectivity index (χ0n) is 17.4. The van der Waals surface area contributed by atoms with Crippen LogP contribution >= 0.6 is 0 Å². The van der Waals surface area contributed by atoms with Gasteiger partial charge in [-0.25, -0.2) is 5.43 Å². The minimum Gasteiger partial charge on any atom is -0.495 e. The number of ether oxygens (including phenoxy) is 3. The lowest BCUT2D eigenvalue weighted by Gasteiger charge is -2.10. The predicted octanol–water partition coefficient (Wildman–Crippen LogP) is 3.36. The molecule has 0 bridgehead atoms. The summed E-state index contributed by atoms with van der Waals surface area (Å²) in [5, 5.41) is 6.65. The van der Waals surface area contributed by atoms with Gasteiger partial charge in [0.15, 0.2) is 11.5 Å². The maximum absolute atomic E-state index is 12.0. The lowest BCUT2D eigenvalue weighted by atomic mass is 10.2. The van der Waals surface area contributed by atoms with Gasteiger partial charge in [0.05, 0.1) is 32.7 Å². The number of nitrogens with one attached hydrogen (secondary N) is 2. The lowest BCUT2D eigenvalue weighted by molar-refractivity contribution is -0.124. The molecule has 0 aliphatic rings. The van der Waals surface area contributed by atoms with Crippen molar-refractivity contribution in [1.82, 2.24) is 5.43 Å². The summed E-state index contributed by atoms with van der Waals surface area (Å²) in [6, 6.07) is 12.4. The van der Waals surface area contributed by atoms with Gasteiger partial charge in [0, 0.05) is 12.8 Å². The van der Waals surface area contributed by atoms with Crippen molar-refractivity contribution in [2.24, 2.45) is 5.10 Å². The van der Waals surface area contributed by atoms with Crippen molar-refractivity contribution in [2.75, 3.05) is 26.1 Å². The Balaban J connectivity index is 1.81. The van der Waals surface area contributed by atoms with Crippen LogP contribution in [-0.4, -0.2) is 38.9 Å². The first kappa shape index (κ1) is 22.7. The number of hydrogen-bond acceptors (Lipinski definition) is 6. The first-order valence-electron chi connectivity index (χ1n) is 9.63. The van der Waals surface area contributed by atoms with Crippen molar-refractivity contribution >= 4 is 23.7 Å². The number of methoxy groups -OCH3 is 2. The fourth-order valence-electron chi connectivity index (χ4n) is 2.52. The van der Waals surface area contributed by atoms with E-state index in [-0.39, 0.29) is 24.7 Å². The first-order chi connectivity index (χ1) is 14.6. The molecule has 0 heterocycles. The zero-order valence-corrected chi connectivity index (χ0v) is 17.4. The number of amides is 2. The fourth-order valence-corrected chi connectivity index (χ4v) is 2.52. The molecule has 0 spiro atoms. The molecule has 0 saturated carbocycles. The molecule has 30 heavy (non-hydrogen) atoms. The Morgan fingerprint density at radius 3 is 2.43 bits per heavy atom. The van der Waals surface area contributed by atoms with E-state index in [2.05, 4.69) is 15.8 Å².